The van der Waals surface area contributed by atoms with E-state index >= 15 is 0 Å². The van der Waals surface area contributed by atoms with Gasteiger partial charge in [0, 0.05) is 21.8 Å². The Morgan fingerprint density at radius 3 is 2.64 bits per heavy atom. The second-order valence-corrected chi connectivity index (χ2v) is 13.9. The second-order valence-electron chi connectivity index (χ2n) is 10.8. The van der Waals surface area contributed by atoms with E-state index in [-0.39, 0.29) is 28.3 Å². The molecule has 3 atom stereocenters. The molecule has 2 amide bonds. The van der Waals surface area contributed by atoms with Crippen molar-refractivity contribution in [1.82, 2.24) is 15.2 Å². The van der Waals surface area contributed by atoms with E-state index in [9.17, 15) is 19.2 Å². The van der Waals surface area contributed by atoms with Gasteiger partial charge >= 0.3 is 11.9 Å². The lowest BCUT2D eigenvalue weighted by molar-refractivity contribution is -0.173. The molecule has 14 nitrogen and oxygen atoms in total. The van der Waals surface area contributed by atoms with Crippen LogP contribution in [0.3, 0.4) is 0 Å². The first-order chi connectivity index (χ1) is 19.7. The van der Waals surface area contributed by atoms with Crippen molar-refractivity contribution in [1.29, 1.82) is 0 Å². The second kappa shape index (κ2) is 12.8. The number of carbonyl (C=O) groups excluding carboxylic acids is 4. The molecule has 0 aromatic carbocycles. The Kier molecular flexibility index (Phi) is 9.76. The van der Waals surface area contributed by atoms with Crippen molar-refractivity contribution in [2.75, 3.05) is 37.7 Å². The van der Waals surface area contributed by atoms with Crippen LogP contribution in [0.1, 0.15) is 40.3 Å². The van der Waals surface area contributed by atoms with E-state index in [2.05, 4.69) is 15.5 Å². The average Bonchev–Trinajstić information content (AvgIpc) is 3.51. The first kappa shape index (κ1) is 32.1. The van der Waals surface area contributed by atoms with Crippen LogP contribution in [0.15, 0.2) is 21.1 Å². The summed E-state index contributed by atoms with van der Waals surface area (Å²) >= 11 is 3.85. The van der Waals surface area contributed by atoms with Crippen LogP contribution in [0.4, 0.5) is 5.13 Å². The standard InChI is InChI=1S/C25H33N5O9S3/c1-24(2,3)22(34)37-11-36-21(33)17-14(40-8-12-7-38-25(4,5)39-12)10-41-20-16(19(32)30(17)20)28-18(31)15(29-35-6)13-9-42-23(26)27-13/h9,12,16,20H,7-8,10-11H2,1-6H3,(H2,26,27)(H,28,31)/b29-15-/t12?,16?,20-/m0/s1. The first-order valence-electron chi connectivity index (χ1n) is 12.8. The summed E-state index contributed by atoms with van der Waals surface area (Å²) in [6.07, 6.45) is -0.220. The molecule has 2 unspecified atom stereocenters. The molecule has 3 aliphatic rings. The number of carbonyl (C=O) groups is 4. The van der Waals surface area contributed by atoms with E-state index in [1.165, 1.54) is 35.5 Å². The summed E-state index contributed by atoms with van der Waals surface area (Å²) in [6, 6.07) is -0.957. The molecule has 4 heterocycles. The lowest BCUT2D eigenvalue weighted by Crippen LogP contribution is -2.71. The smallest absolute Gasteiger partial charge is 0.358 e. The van der Waals surface area contributed by atoms with Crippen molar-refractivity contribution in [2.24, 2.45) is 10.6 Å². The number of ether oxygens (including phenoxy) is 4. The number of hydrogen-bond acceptors (Lipinski definition) is 15. The van der Waals surface area contributed by atoms with Gasteiger partial charge in [0.25, 0.3) is 11.8 Å². The molecule has 0 aliphatic carbocycles. The molecule has 3 N–H and O–H groups in total. The van der Waals surface area contributed by atoms with Gasteiger partial charge in [-0.2, -0.15) is 0 Å². The lowest BCUT2D eigenvalue weighted by Gasteiger charge is -2.49. The molecule has 0 spiro atoms. The Morgan fingerprint density at radius 1 is 1.31 bits per heavy atom. The summed E-state index contributed by atoms with van der Waals surface area (Å²) in [5.74, 6) is -2.47. The number of esters is 2. The number of aromatic nitrogens is 1. The summed E-state index contributed by atoms with van der Waals surface area (Å²) < 4.78 is 21.9. The highest BCUT2D eigenvalue weighted by molar-refractivity contribution is 8.06. The number of nitrogens with two attached hydrogens (primary N) is 1. The number of nitrogens with zero attached hydrogens (tertiary/aromatic N) is 3. The molecule has 3 aliphatic heterocycles. The molecule has 42 heavy (non-hydrogen) atoms. The zero-order chi connectivity index (χ0) is 30.8. The minimum absolute atomic E-state index is 0.0299. The van der Waals surface area contributed by atoms with Crippen molar-refractivity contribution in [2.45, 2.75) is 57.9 Å². The number of thiazole rings is 1. The largest absolute Gasteiger partial charge is 0.427 e. The molecule has 1 aromatic heterocycles. The third-order valence-corrected chi connectivity index (χ3v) is 9.44. The van der Waals surface area contributed by atoms with E-state index in [1.54, 1.807) is 26.2 Å². The van der Waals surface area contributed by atoms with E-state index in [0.29, 0.717) is 23.0 Å². The molecule has 0 saturated carbocycles. The van der Waals surface area contributed by atoms with Gasteiger partial charge in [-0.15, -0.1) is 34.9 Å². The minimum atomic E-state index is -0.957. The highest BCUT2D eigenvalue weighted by Crippen LogP contribution is 2.44. The molecule has 0 radical (unpaired) electrons. The van der Waals surface area contributed by atoms with Crippen LogP contribution < -0.4 is 11.1 Å². The third kappa shape index (κ3) is 7.19. The number of nitrogens with one attached hydrogen (secondary N) is 1. The summed E-state index contributed by atoms with van der Waals surface area (Å²) in [6.45, 7) is 8.43. The number of nitrogen functional groups attached to an aromatic ring is 1. The number of hydrogen-bond donors (Lipinski definition) is 2. The number of fused-ring (bicyclic) bond motifs is 1. The molecular weight excluding hydrogens is 611 g/mol. The first-order valence-corrected chi connectivity index (χ1v) is 15.7. The Bertz CT molecular complexity index is 1310. The molecule has 2 fully saturated rings. The summed E-state index contributed by atoms with van der Waals surface area (Å²) in [7, 11) is 1.28. The van der Waals surface area contributed by atoms with Gasteiger partial charge in [0.05, 0.1) is 18.1 Å². The number of oxime groups is 1. The average molecular weight is 644 g/mol. The van der Waals surface area contributed by atoms with E-state index < -0.39 is 53.2 Å². The molecule has 4 rings (SSSR count). The van der Waals surface area contributed by atoms with Crippen molar-refractivity contribution in [3.8, 4) is 0 Å². The fourth-order valence-electron chi connectivity index (χ4n) is 4.05. The van der Waals surface area contributed by atoms with Crippen molar-refractivity contribution >= 4 is 69.5 Å². The number of thioether (sulfide) groups is 2. The van der Waals surface area contributed by atoms with Gasteiger partial charge in [-0.25, -0.2) is 9.78 Å². The maximum atomic E-state index is 13.4. The Hall–Kier alpha value is -2.86. The molecule has 0 bridgehead atoms. The van der Waals surface area contributed by atoms with Crippen molar-refractivity contribution in [3.63, 3.8) is 0 Å². The van der Waals surface area contributed by atoms with Crippen LogP contribution in [0.5, 0.6) is 0 Å². The van der Waals surface area contributed by atoms with Gasteiger partial charge in [0.15, 0.2) is 16.6 Å². The monoisotopic (exact) mass is 643 g/mol. The summed E-state index contributed by atoms with van der Waals surface area (Å²) in [4.78, 5) is 62.6. The molecule has 230 valence electrons. The lowest BCUT2D eigenvalue weighted by atomic mass is 9.98. The Labute approximate surface area is 255 Å². The maximum Gasteiger partial charge on any atom is 0.358 e. The van der Waals surface area contributed by atoms with Crippen LogP contribution >= 0.6 is 34.9 Å². The van der Waals surface area contributed by atoms with Crippen LogP contribution in [0.2, 0.25) is 0 Å². The molecule has 1 aromatic rings. The van der Waals surface area contributed by atoms with Gasteiger partial charge in [0.2, 0.25) is 6.79 Å². The van der Waals surface area contributed by atoms with Gasteiger partial charge in [-0.3, -0.25) is 19.3 Å². The third-order valence-electron chi connectivity index (χ3n) is 6.08. The zero-order valence-corrected chi connectivity index (χ0v) is 26.4. The highest BCUT2D eigenvalue weighted by atomic mass is 32.2. The van der Waals surface area contributed by atoms with E-state index in [4.69, 9.17) is 29.5 Å². The Balaban J connectivity index is 1.50. The SMILES string of the molecule is CO/N=C(\C(=O)NC1C(=O)N2C(C(=O)OCOC(=O)C(C)(C)C)=C(SCC3COC(C)(C)O3)CS[C@@H]12)c1csc(N)n1. The number of β-lactam (4-membered cyclic amide) rings is 1. The van der Waals surface area contributed by atoms with Crippen LogP contribution in [0.25, 0.3) is 0 Å². The predicted molar refractivity (Wildman–Crippen MR) is 156 cm³/mol. The fourth-order valence-corrected chi connectivity index (χ4v) is 7.20. The normalized spacial score (nSPS) is 23.7. The topological polar surface area (TPSA) is 181 Å². The van der Waals surface area contributed by atoms with Crippen LogP contribution in [0, 0.1) is 5.41 Å². The van der Waals surface area contributed by atoms with Crippen LogP contribution in [-0.4, -0.2) is 94.7 Å². The zero-order valence-electron chi connectivity index (χ0n) is 24.0. The number of rotatable bonds is 10. The van der Waals surface area contributed by atoms with Crippen molar-refractivity contribution < 1.29 is 43.0 Å². The summed E-state index contributed by atoms with van der Waals surface area (Å²) in [5.41, 5.74) is 4.99. The van der Waals surface area contributed by atoms with E-state index in [1.807, 2.05) is 13.8 Å². The van der Waals surface area contributed by atoms with Crippen LogP contribution in [-0.2, 0) is 43.0 Å². The minimum Gasteiger partial charge on any atom is -0.427 e. The van der Waals surface area contributed by atoms with Gasteiger partial charge < -0.3 is 34.8 Å². The maximum absolute atomic E-state index is 13.4. The molecular formula is C25H33N5O9S3. The number of anilines is 1. The van der Waals surface area contributed by atoms with Crippen molar-refractivity contribution in [3.05, 3.63) is 21.7 Å². The summed E-state index contributed by atoms with van der Waals surface area (Å²) in [5, 5.41) is 7.60. The molecule has 2 saturated heterocycles. The van der Waals surface area contributed by atoms with Gasteiger partial charge in [-0.1, -0.05) is 5.16 Å². The highest BCUT2D eigenvalue weighted by Gasteiger charge is 2.55. The molecule has 17 heteroatoms. The number of amides is 2. The fraction of sp³-hybridized carbons (Fsp3) is 0.600. The van der Waals surface area contributed by atoms with Gasteiger partial charge in [0.1, 0.15) is 29.9 Å². The quantitative estimate of drug-likeness (QED) is 0.124. The Morgan fingerprint density at radius 2 is 2.05 bits per heavy atom. The predicted octanol–water partition coefficient (Wildman–Crippen LogP) is 1.66. The van der Waals surface area contributed by atoms with Gasteiger partial charge in [-0.05, 0) is 34.6 Å². The van der Waals surface area contributed by atoms with E-state index in [0.717, 1.165) is 11.3 Å².